The molecule has 2 rings (SSSR count). The second-order valence-corrected chi connectivity index (χ2v) is 4.83. The molecule has 0 saturated carbocycles. The SMILES string of the molecule is NC(=O)c1cc(C(=O)c2ccccc2)c(C(N)=O)s1. The minimum atomic E-state index is -0.753. The zero-order chi connectivity index (χ0) is 14.0. The molecule has 0 bridgehead atoms. The number of carbonyl (C=O) groups is 3. The van der Waals surface area contributed by atoms with Crippen LogP contribution in [0, 0.1) is 0 Å². The third-order valence-corrected chi connectivity index (χ3v) is 3.64. The number of carbonyl (C=O) groups excluding carboxylic acids is 3. The lowest BCUT2D eigenvalue weighted by atomic mass is 10.0. The first kappa shape index (κ1) is 13.0. The molecule has 2 aromatic rings. The highest BCUT2D eigenvalue weighted by Crippen LogP contribution is 2.24. The molecule has 0 aliphatic rings. The van der Waals surface area contributed by atoms with E-state index in [0.717, 1.165) is 11.3 Å². The summed E-state index contributed by atoms with van der Waals surface area (Å²) in [7, 11) is 0. The maximum absolute atomic E-state index is 12.3. The van der Waals surface area contributed by atoms with Crippen LogP contribution in [0.5, 0.6) is 0 Å². The highest BCUT2D eigenvalue weighted by Gasteiger charge is 2.22. The van der Waals surface area contributed by atoms with Crippen LogP contribution in [0.2, 0.25) is 0 Å². The first-order valence-electron chi connectivity index (χ1n) is 5.34. The molecule has 4 N–H and O–H groups in total. The van der Waals surface area contributed by atoms with E-state index in [9.17, 15) is 14.4 Å². The van der Waals surface area contributed by atoms with Gasteiger partial charge >= 0.3 is 0 Å². The molecule has 6 heteroatoms. The van der Waals surface area contributed by atoms with Gasteiger partial charge in [0.15, 0.2) is 5.78 Å². The summed E-state index contributed by atoms with van der Waals surface area (Å²) >= 11 is 0.829. The summed E-state index contributed by atoms with van der Waals surface area (Å²) in [4.78, 5) is 34.9. The van der Waals surface area contributed by atoms with Crippen molar-refractivity contribution in [3.8, 4) is 0 Å². The maximum Gasteiger partial charge on any atom is 0.259 e. The fourth-order valence-corrected chi connectivity index (χ4v) is 2.47. The molecule has 1 aromatic heterocycles. The molecule has 0 fully saturated rings. The summed E-state index contributed by atoms with van der Waals surface area (Å²) in [6, 6.07) is 9.73. The summed E-state index contributed by atoms with van der Waals surface area (Å²) < 4.78 is 0. The summed E-state index contributed by atoms with van der Waals surface area (Å²) in [5.74, 6) is -1.81. The molecule has 1 heterocycles. The number of thiophene rings is 1. The van der Waals surface area contributed by atoms with Crippen LogP contribution in [0.15, 0.2) is 36.4 Å². The molecule has 0 aliphatic heterocycles. The number of hydrogen-bond donors (Lipinski definition) is 2. The number of hydrogen-bond acceptors (Lipinski definition) is 4. The molecule has 0 aliphatic carbocycles. The zero-order valence-electron chi connectivity index (χ0n) is 9.75. The average molecular weight is 274 g/mol. The molecule has 1 aromatic carbocycles. The second kappa shape index (κ2) is 5.03. The van der Waals surface area contributed by atoms with Gasteiger partial charge in [-0.25, -0.2) is 0 Å². The van der Waals surface area contributed by atoms with E-state index < -0.39 is 11.8 Å². The third-order valence-electron chi connectivity index (χ3n) is 2.48. The van der Waals surface area contributed by atoms with Crippen LogP contribution in [-0.2, 0) is 0 Å². The molecule has 2 amide bonds. The molecule has 5 nitrogen and oxygen atoms in total. The van der Waals surface area contributed by atoms with Gasteiger partial charge in [0.25, 0.3) is 11.8 Å². The maximum atomic E-state index is 12.3. The van der Waals surface area contributed by atoms with Gasteiger partial charge in [-0.2, -0.15) is 0 Å². The largest absolute Gasteiger partial charge is 0.365 e. The van der Waals surface area contributed by atoms with Crippen molar-refractivity contribution in [3.05, 3.63) is 57.3 Å². The van der Waals surface area contributed by atoms with Crippen molar-refractivity contribution in [1.82, 2.24) is 0 Å². The topological polar surface area (TPSA) is 103 Å². The lowest BCUT2D eigenvalue weighted by Crippen LogP contribution is -2.13. The lowest BCUT2D eigenvalue weighted by molar-refractivity contribution is 0.0984. The van der Waals surface area contributed by atoms with Crippen molar-refractivity contribution in [2.45, 2.75) is 0 Å². The van der Waals surface area contributed by atoms with Gasteiger partial charge in [0.1, 0.15) is 4.88 Å². The third kappa shape index (κ3) is 2.53. The number of nitrogens with two attached hydrogens (primary N) is 2. The van der Waals surface area contributed by atoms with Gasteiger partial charge < -0.3 is 11.5 Å². The number of rotatable bonds is 4. The van der Waals surface area contributed by atoms with Gasteiger partial charge in [-0.3, -0.25) is 14.4 Å². The van der Waals surface area contributed by atoms with Gasteiger partial charge in [0.2, 0.25) is 0 Å². The van der Waals surface area contributed by atoms with Crippen LogP contribution in [0.3, 0.4) is 0 Å². The van der Waals surface area contributed by atoms with E-state index in [2.05, 4.69) is 0 Å². The normalized spacial score (nSPS) is 10.1. The van der Waals surface area contributed by atoms with E-state index >= 15 is 0 Å². The molecule has 0 saturated heterocycles. The minimum absolute atomic E-state index is 0.0441. The predicted molar refractivity (Wildman–Crippen MR) is 71.2 cm³/mol. The molecule has 0 radical (unpaired) electrons. The van der Waals surface area contributed by atoms with Crippen LogP contribution in [-0.4, -0.2) is 17.6 Å². The van der Waals surface area contributed by atoms with Gasteiger partial charge in [-0.1, -0.05) is 30.3 Å². The number of amides is 2. The first-order valence-corrected chi connectivity index (χ1v) is 6.15. The highest BCUT2D eigenvalue weighted by atomic mass is 32.1. The van der Waals surface area contributed by atoms with Crippen LogP contribution in [0.4, 0.5) is 0 Å². The molecular weight excluding hydrogens is 264 g/mol. The van der Waals surface area contributed by atoms with Crippen molar-refractivity contribution in [2.24, 2.45) is 11.5 Å². The Morgan fingerprint density at radius 3 is 2.11 bits per heavy atom. The quantitative estimate of drug-likeness (QED) is 0.818. The number of benzene rings is 1. The monoisotopic (exact) mass is 274 g/mol. The molecule has 96 valence electrons. The van der Waals surface area contributed by atoms with E-state index in [-0.39, 0.29) is 21.1 Å². The van der Waals surface area contributed by atoms with E-state index in [4.69, 9.17) is 11.5 Å². The molecule has 0 atom stereocenters. The summed E-state index contributed by atoms with van der Waals surface area (Å²) in [6.45, 7) is 0. The van der Waals surface area contributed by atoms with Crippen molar-refractivity contribution in [1.29, 1.82) is 0 Å². The van der Waals surface area contributed by atoms with Crippen LogP contribution < -0.4 is 11.5 Å². The molecule has 0 unspecified atom stereocenters. The Bertz CT molecular complexity index is 662. The molecular formula is C13H10N2O3S. The number of primary amides is 2. The predicted octanol–water partition coefficient (Wildman–Crippen LogP) is 1.18. The summed E-state index contributed by atoms with van der Waals surface area (Å²) in [6.07, 6.45) is 0. The van der Waals surface area contributed by atoms with Crippen molar-refractivity contribution in [2.75, 3.05) is 0 Å². The number of ketones is 1. The summed E-state index contributed by atoms with van der Waals surface area (Å²) in [5, 5.41) is 0. The molecule has 19 heavy (non-hydrogen) atoms. The Kier molecular flexibility index (Phi) is 3.43. The van der Waals surface area contributed by atoms with Crippen LogP contribution >= 0.6 is 11.3 Å². The highest BCUT2D eigenvalue weighted by molar-refractivity contribution is 7.16. The Hall–Kier alpha value is -2.47. The Morgan fingerprint density at radius 2 is 1.58 bits per heavy atom. The van der Waals surface area contributed by atoms with Gasteiger partial charge in [-0.05, 0) is 6.07 Å². The Morgan fingerprint density at radius 1 is 0.947 bits per heavy atom. The molecule has 0 spiro atoms. The van der Waals surface area contributed by atoms with E-state index in [0.29, 0.717) is 5.56 Å². The van der Waals surface area contributed by atoms with Gasteiger partial charge in [0.05, 0.1) is 4.88 Å². The van der Waals surface area contributed by atoms with E-state index in [1.54, 1.807) is 30.3 Å². The fraction of sp³-hybridized carbons (Fsp3) is 0. The lowest BCUT2D eigenvalue weighted by Gasteiger charge is -1.99. The van der Waals surface area contributed by atoms with Crippen molar-refractivity contribution >= 4 is 28.9 Å². The fourth-order valence-electron chi connectivity index (χ4n) is 1.61. The van der Waals surface area contributed by atoms with E-state index in [1.165, 1.54) is 6.07 Å². The summed E-state index contributed by atoms with van der Waals surface area (Å²) in [5.41, 5.74) is 10.9. The standard InChI is InChI=1S/C13H10N2O3S/c14-12(17)9-6-8(11(19-9)13(15)18)10(16)7-4-2-1-3-5-7/h1-6H,(H2,14,17)(H2,15,18). The smallest absolute Gasteiger partial charge is 0.259 e. The van der Waals surface area contributed by atoms with Crippen molar-refractivity contribution in [3.63, 3.8) is 0 Å². The van der Waals surface area contributed by atoms with Gasteiger partial charge in [-0.15, -0.1) is 11.3 Å². The zero-order valence-corrected chi connectivity index (χ0v) is 10.6. The van der Waals surface area contributed by atoms with Crippen LogP contribution in [0.25, 0.3) is 0 Å². The minimum Gasteiger partial charge on any atom is -0.365 e. The Balaban J connectivity index is 2.52. The second-order valence-electron chi connectivity index (χ2n) is 3.78. The Labute approximate surface area is 112 Å². The van der Waals surface area contributed by atoms with E-state index in [1.807, 2.05) is 0 Å². The first-order chi connectivity index (χ1) is 9.00. The average Bonchev–Trinajstić information content (AvgIpc) is 2.84. The van der Waals surface area contributed by atoms with Gasteiger partial charge in [0, 0.05) is 11.1 Å². The van der Waals surface area contributed by atoms with Crippen molar-refractivity contribution < 1.29 is 14.4 Å². The van der Waals surface area contributed by atoms with Crippen LogP contribution in [0.1, 0.15) is 35.3 Å².